The molecule has 0 unspecified atom stereocenters. The number of hydrogen-bond acceptors (Lipinski definition) is 4. The highest BCUT2D eigenvalue weighted by Gasteiger charge is 2.41. The molecule has 23 heavy (non-hydrogen) atoms. The maximum atomic E-state index is 12.6. The van der Waals surface area contributed by atoms with E-state index < -0.39 is 0 Å². The number of benzene rings is 1. The number of fused-ring (bicyclic) bond motifs is 1. The normalized spacial score (nSPS) is 24.6. The van der Waals surface area contributed by atoms with Crippen LogP contribution in [0.4, 0.5) is 0 Å². The first kappa shape index (κ1) is 14.9. The predicted octanol–water partition coefficient (Wildman–Crippen LogP) is 2.47. The van der Waals surface area contributed by atoms with E-state index in [2.05, 4.69) is 29.2 Å². The monoisotopic (exact) mass is 328 g/mol. The molecule has 4 nitrogen and oxygen atoms in total. The molecular formula is C18H20N2O2S. The van der Waals surface area contributed by atoms with Crippen molar-refractivity contribution in [3.05, 3.63) is 58.3 Å². The number of thiophene rings is 1. The number of amides is 1. The van der Waals surface area contributed by atoms with E-state index >= 15 is 0 Å². The minimum Gasteiger partial charge on any atom is -0.373 e. The van der Waals surface area contributed by atoms with Crippen molar-refractivity contribution in [1.82, 2.24) is 9.80 Å². The summed E-state index contributed by atoms with van der Waals surface area (Å²) < 4.78 is 5.94. The fourth-order valence-electron chi connectivity index (χ4n) is 3.49. The number of carbonyl (C=O) groups excluding carboxylic acids is 1. The van der Waals surface area contributed by atoms with Crippen LogP contribution >= 0.6 is 11.3 Å². The van der Waals surface area contributed by atoms with Crippen LogP contribution in [-0.2, 0) is 11.3 Å². The van der Waals surface area contributed by atoms with Gasteiger partial charge in [0.05, 0.1) is 23.6 Å². The van der Waals surface area contributed by atoms with Crippen molar-refractivity contribution < 1.29 is 9.53 Å². The molecule has 0 bridgehead atoms. The van der Waals surface area contributed by atoms with Crippen molar-refractivity contribution in [2.75, 3.05) is 26.2 Å². The van der Waals surface area contributed by atoms with E-state index in [0.29, 0.717) is 12.6 Å². The largest absolute Gasteiger partial charge is 0.373 e. The van der Waals surface area contributed by atoms with Gasteiger partial charge in [0.2, 0.25) is 0 Å². The summed E-state index contributed by atoms with van der Waals surface area (Å²) in [6.45, 7) is 4.06. The van der Waals surface area contributed by atoms with Crippen LogP contribution in [0.15, 0.2) is 47.8 Å². The van der Waals surface area contributed by atoms with Gasteiger partial charge < -0.3 is 9.64 Å². The summed E-state index contributed by atoms with van der Waals surface area (Å²) in [4.78, 5) is 17.8. The van der Waals surface area contributed by atoms with Crippen LogP contribution in [0.5, 0.6) is 0 Å². The summed E-state index contributed by atoms with van der Waals surface area (Å²) >= 11 is 1.51. The van der Waals surface area contributed by atoms with Gasteiger partial charge in [0, 0.05) is 26.2 Å². The Morgan fingerprint density at radius 3 is 2.83 bits per heavy atom. The first-order valence-corrected chi connectivity index (χ1v) is 8.91. The van der Waals surface area contributed by atoms with Gasteiger partial charge in [0.15, 0.2) is 0 Å². The van der Waals surface area contributed by atoms with Gasteiger partial charge in [-0.3, -0.25) is 9.69 Å². The Morgan fingerprint density at radius 2 is 2.04 bits per heavy atom. The summed E-state index contributed by atoms with van der Waals surface area (Å²) in [5, 5.41) is 1.95. The second-order valence-corrected chi connectivity index (χ2v) is 7.07. The fraction of sp³-hybridized carbons (Fsp3) is 0.389. The van der Waals surface area contributed by atoms with Gasteiger partial charge in [-0.15, -0.1) is 11.3 Å². The molecule has 3 heterocycles. The second-order valence-electron chi connectivity index (χ2n) is 6.12. The molecule has 2 aliphatic rings. The Labute approximate surface area is 140 Å². The molecule has 0 N–H and O–H groups in total. The standard InChI is InChI=1S/C18H20N2O2S/c21-18(17-7-4-10-23-17)20-12-15-16(13-20)22-9-8-19(15)11-14-5-2-1-3-6-14/h1-7,10,15-16H,8-9,11-13H2/t15-,16+/m1/s1. The molecule has 120 valence electrons. The predicted molar refractivity (Wildman–Crippen MR) is 90.6 cm³/mol. The number of rotatable bonds is 3. The van der Waals surface area contributed by atoms with Crippen molar-refractivity contribution >= 4 is 17.2 Å². The highest BCUT2D eigenvalue weighted by molar-refractivity contribution is 7.12. The second kappa shape index (κ2) is 6.43. The Bertz CT molecular complexity index is 659. The van der Waals surface area contributed by atoms with Crippen LogP contribution in [-0.4, -0.2) is 54.1 Å². The van der Waals surface area contributed by atoms with Crippen LogP contribution in [0, 0.1) is 0 Å². The maximum absolute atomic E-state index is 12.6. The van der Waals surface area contributed by atoms with Crippen LogP contribution in [0.25, 0.3) is 0 Å². The Kier molecular flexibility index (Phi) is 4.16. The number of likely N-dealkylation sites (tertiary alicyclic amines) is 1. The number of carbonyl (C=O) groups is 1. The number of ether oxygens (including phenoxy) is 1. The molecule has 1 aromatic heterocycles. The third kappa shape index (κ3) is 3.04. The van der Waals surface area contributed by atoms with E-state index in [-0.39, 0.29) is 12.0 Å². The lowest BCUT2D eigenvalue weighted by molar-refractivity contribution is -0.0503. The van der Waals surface area contributed by atoms with Gasteiger partial charge in [-0.1, -0.05) is 36.4 Å². The average Bonchev–Trinajstić information content (AvgIpc) is 3.25. The van der Waals surface area contributed by atoms with Crippen molar-refractivity contribution in [2.45, 2.75) is 18.7 Å². The molecule has 4 rings (SSSR count). The Balaban J connectivity index is 1.47. The SMILES string of the molecule is O=C(c1cccs1)N1C[C@@H]2OCCN(Cc3ccccc3)[C@@H]2C1. The van der Waals surface area contributed by atoms with E-state index in [1.807, 2.05) is 28.5 Å². The Morgan fingerprint density at radius 1 is 1.17 bits per heavy atom. The topological polar surface area (TPSA) is 32.8 Å². The summed E-state index contributed by atoms with van der Waals surface area (Å²) in [6, 6.07) is 14.7. The molecule has 2 aliphatic heterocycles. The molecule has 2 fully saturated rings. The molecule has 0 spiro atoms. The summed E-state index contributed by atoms with van der Waals surface area (Å²) in [7, 11) is 0. The molecule has 1 amide bonds. The summed E-state index contributed by atoms with van der Waals surface area (Å²) in [5.41, 5.74) is 1.32. The zero-order valence-electron chi connectivity index (χ0n) is 12.9. The van der Waals surface area contributed by atoms with E-state index in [1.54, 1.807) is 0 Å². The summed E-state index contributed by atoms with van der Waals surface area (Å²) in [6.07, 6.45) is 0.136. The zero-order valence-corrected chi connectivity index (χ0v) is 13.7. The Hall–Kier alpha value is -1.69. The lowest BCUT2D eigenvalue weighted by Gasteiger charge is -2.36. The third-order valence-corrected chi connectivity index (χ3v) is 5.52. The van der Waals surface area contributed by atoms with E-state index in [9.17, 15) is 4.79 Å². The quantitative estimate of drug-likeness (QED) is 0.868. The number of hydrogen-bond donors (Lipinski definition) is 0. The van der Waals surface area contributed by atoms with Gasteiger partial charge in [0.1, 0.15) is 0 Å². The number of morpholine rings is 1. The molecular weight excluding hydrogens is 308 g/mol. The van der Waals surface area contributed by atoms with Gasteiger partial charge in [-0.25, -0.2) is 0 Å². The van der Waals surface area contributed by atoms with Crippen molar-refractivity contribution in [3.8, 4) is 0 Å². The molecule has 0 saturated carbocycles. The fourth-order valence-corrected chi connectivity index (χ4v) is 4.19. The summed E-state index contributed by atoms with van der Waals surface area (Å²) in [5.74, 6) is 0.137. The van der Waals surface area contributed by atoms with E-state index in [4.69, 9.17) is 4.74 Å². The third-order valence-electron chi connectivity index (χ3n) is 4.66. The van der Waals surface area contributed by atoms with Gasteiger partial charge >= 0.3 is 0 Å². The van der Waals surface area contributed by atoms with Crippen LogP contribution in [0.2, 0.25) is 0 Å². The van der Waals surface area contributed by atoms with Gasteiger partial charge in [-0.05, 0) is 17.0 Å². The van der Waals surface area contributed by atoms with Crippen LogP contribution < -0.4 is 0 Å². The van der Waals surface area contributed by atoms with Crippen LogP contribution in [0.1, 0.15) is 15.2 Å². The van der Waals surface area contributed by atoms with Crippen LogP contribution in [0.3, 0.4) is 0 Å². The highest BCUT2D eigenvalue weighted by Crippen LogP contribution is 2.26. The lowest BCUT2D eigenvalue weighted by Crippen LogP contribution is -2.50. The molecule has 2 saturated heterocycles. The minimum absolute atomic E-state index is 0.136. The molecule has 0 aliphatic carbocycles. The van der Waals surface area contributed by atoms with Crippen molar-refractivity contribution in [2.24, 2.45) is 0 Å². The molecule has 5 heteroatoms. The van der Waals surface area contributed by atoms with E-state index in [1.165, 1.54) is 16.9 Å². The average molecular weight is 328 g/mol. The van der Waals surface area contributed by atoms with Gasteiger partial charge in [0.25, 0.3) is 5.91 Å². The molecule has 2 aromatic rings. The highest BCUT2D eigenvalue weighted by atomic mass is 32.1. The molecule has 0 radical (unpaired) electrons. The van der Waals surface area contributed by atoms with E-state index in [0.717, 1.165) is 31.1 Å². The van der Waals surface area contributed by atoms with Crippen molar-refractivity contribution in [3.63, 3.8) is 0 Å². The first-order chi connectivity index (χ1) is 11.3. The smallest absolute Gasteiger partial charge is 0.264 e. The first-order valence-electron chi connectivity index (χ1n) is 8.03. The number of nitrogens with zero attached hydrogens (tertiary/aromatic N) is 2. The molecule has 1 aromatic carbocycles. The zero-order chi connectivity index (χ0) is 15.6. The van der Waals surface area contributed by atoms with Gasteiger partial charge in [-0.2, -0.15) is 0 Å². The molecule has 2 atom stereocenters. The lowest BCUT2D eigenvalue weighted by atomic mass is 10.1. The minimum atomic E-state index is 0.136. The van der Waals surface area contributed by atoms with Crippen molar-refractivity contribution in [1.29, 1.82) is 0 Å². The maximum Gasteiger partial charge on any atom is 0.264 e.